The van der Waals surface area contributed by atoms with Crippen LogP contribution in [0, 0.1) is 5.41 Å². The number of para-hydroxylation sites is 1. The molecule has 1 fully saturated rings. The van der Waals surface area contributed by atoms with Gasteiger partial charge in [0.15, 0.2) is 0 Å². The first kappa shape index (κ1) is 22.5. The lowest BCUT2D eigenvalue weighted by Crippen LogP contribution is -2.46. The fourth-order valence-corrected chi connectivity index (χ4v) is 4.93. The van der Waals surface area contributed by atoms with E-state index in [1.165, 1.54) is 0 Å². The van der Waals surface area contributed by atoms with E-state index in [-0.39, 0.29) is 36.0 Å². The van der Waals surface area contributed by atoms with Gasteiger partial charge >= 0.3 is 0 Å². The lowest BCUT2D eigenvalue weighted by molar-refractivity contribution is -0.121. The van der Waals surface area contributed by atoms with Gasteiger partial charge in [0, 0.05) is 30.4 Å². The van der Waals surface area contributed by atoms with Gasteiger partial charge in [0.05, 0.1) is 37.5 Å². The second-order valence-electron chi connectivity index (χ2n) is 9.89. The molecule has 172 valence electrons. The molecule has 4 rings (SSSR count). The lowest BCUT2D eigenvalue weighted by Gasteiger charge is -2.38. The van der Waals surface area contributed by atoms with Crippen molar-refractivity contribution in [3.63, 3.8) is 0 Å². The minimum atomic E-state index is -0.104. The fraction of sp³-hybridized carbons (Fsp3) is 0.560. The highest BCUT2D eigenvalue weighted by atomic mass is 16.5. The topological polar surface area (TPSA) is 76.6 Å². The van der Waals surface area contributed by atoms with Crippen LogP contribution in [0.5, 0.6) is 5.75 Å². The van der Waals surface area contributed by atoms with Gasteiger partial charge in [-0.05, 0) is 38.2 Å². The first-order valence-electron chi connectivity index (χ1n) is 11.4. The molecule has 1 aromatic carbocycles. The SMILES string of the molecule is COc1ccccc1CC(=O)N[C@H]1CC(C)(C)Cc2nc(N3C[C@@H](C)O[C@@H](C)C3)ncc21. The quantitative estimate of drug-likeness (QED) is 0.770. The molecule has 7 nitrogen and oxygen atoms in total. The molecule has 2 aliphatic rings. The number of hydrogen-bond acceptors (Lipinski definition) is 6. The number of carbonyl (C=O) groups is 1. The molecule has 2 aromatic rings. The summed E-state index contributed by atoms with van der Waals surface area (Å²) in [5.74, 6) is 1.46. The van der Waals surface area contributed by atoms with E-state index in [2.05, 4.69) is 42.9 Å². The molecule has 0 unspecified atom stereocenters. The van der Waals surface area contributed by atoms with Crippen molar-refractivity contribution in [2.45, 2.75) is 65.2 Å². The average Bonchev–Trinajstić information content (AvgIpc) is 2.72. The van der Waals surface area contributed by atoms with Crippen LogP contribution in [-0.4, -0.2) is 48.3 Å². The number of nitrogens with one attached hydrogen (secondary N) is 1. The van der Waals surface area contributed by atoms with Crippen LogP contribution in [0.1, 0.15) is 57.0 Å². The van der Waals surface area contributed by atoms with Crippen molar-refractivity contribution in [1.29, 1.82) is 0 Å². The zero-order valence-corrected chi connectivity index (χ0v) is 19.7. The number of morpholine rings is 1. The summed E-state index contributed by atoms with van der Waals surface area (Å²) in [6, 6.07) is 7.53. The highest BCUT2D eigenvalue weighted by Crippen LogP contribution is 2.40. The van der Waals surface area contributed by atoms with E-state index in [0.717, 1.165) is 54.4 Å². The number of ether oxygens (including phenoxy) is 2. The molecular formula is C25H34N4O3. The molecule has 2 heterocycles. The van der Waals surface area contributed by atoms with Crippen LogP contribution in [0.3, 0.4) is 0 Å². The molecule has 0 saturated carbocycles. The summed E-state index contributed by atoms with van der Waals surface area (Å²) in [6.45, 7) is 10.2. The molecule has 3 atom stereocenters. The summed E-state index contributed by atoms with van der Waals surface area (Å²) in [4.78, 5) is 24.8. The number of anilines is 1. The number of nitrogens with zero attached hydrogens (tertiary/aromatic N) is 3. The van der Waals surface area contributed by atoms with Gasteiger partial charge in [-0.25, -0.2) is 9.97 Å². The monoisotopic (exact) mass is 438 g/mol. The zero-order valence-electron chi connectivity index (χ0n) is 19.7. The molecule has 1 N–H and O–H groups in total. The summed E-state index contributed by atoms with van der Waals surface area (Å²) < 4.78 is 11.3. The number of rotatable bonds is 5. The van der Waals surface area contributed by atoms with E-state index >= 15 is 0 Å². The van der Waals surface area contributed by atoms with Gasteiger partial charge < -0.3 is 19.7 Å². The molecule has 1 amide bonds. The second kappa shape index (κ2) is 9.06. The van der Waals surface area contributed by atoms with E-state index in [9.17, 15) is 4.79 Å². The summed E-state index contributed by atoms with van der Waals surface area (Å²) in [5, 5.41) is 3.24. The van der Waals surface area contributed by atoms with Gasteiger partial charge in [0.1, 0.15) is 5.75 Å². The van der Waals surface area contributed by atoms with E-state index in [1.54, 1.807) is 7.11 Å². The van der Waals surface area contributed by atoms with Crippen molar-refractivity contribution in [2.24, 2.45) is 5.41 Å². The Kier molecular flexibility index (Phi) is 6.38. The van der Waals surface area contributed by atoms with Gasteiger partial charge in [-0.3, -0.25) is 4.79 Å². The second-order valence-corrected chi connectivity index (χ2v) is 9.89. The molecule has 0 bridgehead atoms. The van der Waals surface area contributed by atoms with Crippen molar-refractivity contribution in [3.8, 4) is 5.75 Å². The maximum absolute atomic E-state index is 12.9. The molecular weight excluding hydrogens is 404 g/mol. The van der Waals surface area contributed by atoms with Crippen LogP contribution >= 0.6 is 0 Å². The van der Waals surface area contributed by atoms with E-state index in [0.29, 0.717) is 0 Å². The Bertz CT molecular complexity index is 967. The molecule has 1 aromatic heterocycles. The first-order chi connectivity index (χ1) is 15.2. The van der Waals surface area contributed by atoms with E-state index in [4.69, 9.17) is 14.5 Å². The van der Waals surface area contributed by atoms with Crippen molar-refractivity contribution >= 4 is 11.9 Å². The Morgan fingerprint density at radius 1 is 1.25 bits per heavy atom. The maximum atomic E-state index is 12.9. The standard InChI is InChI=1S/C25H34N4O3/c1-16-14-29(15-17(2)32-16)24-26-13-19-20(11-25(3,4)12-21(19)28-24)27-23(30)10-18-8-6-7-9-22(18)31-5/h6-9,13,16-17,20H,10-12,14-15H2,1-5H3,(H,27,30)/t16-,17+,20-/m0/s1. The number of hydrogen-bond donors (Lipinski definition) is 1. The maximum Gasteiger partial charge on any atom is 0.225 e. The van der Waals surface area contributed by atoms with E-state index in [1.807, 2.05) is 30.5 Å². The van der Waals surface area contributed by atoms with Crippen LogP contribution in [0.4, 0.5) is 5.95 Å². The molecule has 1 aliphatic carbocycles. The molecule has 1 saturated heterocycles. The molecule has 7 heteroatoms. The van der Waals surface area contributed by atoms with Crippen LogP contribution in [0.2, 0.25) is 0 Å². The number of methoxy groups -OCH3 is 1. The van der Waals surface area contributed by atoms with E-state index < -0.39 is 0 Å². The van der Waals surface area contributed by atoms with Crippen molar-refractivity contribution in [2.75, 3.05) is 25.1 Å². The lowest BCUT2D eigenvalue weighted by atomic mass is 9.74. The Hall–Kier alpha value is -2.67. The predicted molar refractivity (Wildman–Crippen MR) is 124 cm³/mol. The van der Waals surface area contributed by atoms with Gasteiger partial charge in [0.2, 0.25) is 11.9 Å². The summed E-state index contributed by atoms with van der Waals surface area (Å²) in [5.41, 5.74) is 2.97. The normalized spacial score (nSPS) is 24.5. The number of benzene rings is 1. The Balaban J connectivity index is 1.54. The van der Waals surface area contributed by atoms with Crippen LogP contribution in [0.25, 0.3) is 0 Å². The van der Waals surface area contributed by atoms with Gasteiger partial charge in [0.25, 0.3) is 0 Å². The molecule has 32 heavy (non-hydrogen) atoms. The fourth-order valence-electron chi connectivity index (χ4n) is 4.93. The number of aromatic nitrogens is 2. The molecule has 0 radical (unpaired) electrons. The summed E-state index contributed by atoms with van der Waals surface area (Å²) >= 11 is 0. The highest BCUT2D eigenvalue weighted by Gasteiger charge is 2.35. The van der Waals surface area contributed by atoms with Gasteiger partial charge in [-0.2, -0.15) is 0 Å². The van der Waals surface area contributed by atoms with Crippen molar-refractivity contribution in [3.05, 3.63) is 47.3 Å². The first-order valence-corrected chi connectivity index (χ1v) is 11.4. The van der Waals surface area contributed by atoms with Gasteiger partial charge in [-0.15, -0.1) is 0 Å². The van der Waals surface area contributed by atoms with Crippen LogP contribution in [-0.2, 0) is 22.4 Å². The number of amides is 1. The third kappa shape index (κ3) is 5.04. The number of fused-ring (bicyclic) bond motifs is 1. The smallest absolute Gasteiger partial charge is 0.225 e. The van der Waals surface area contributed by atoms with Crippen molar-refractivity contribution in [1.82, 2.24) is 15.3 Å². The predicted octanol–water partition coefficient (Wildman–Crippen LogP) is 3.47. The van der Waals surface area contributed by atoms with Crippen LogP contribution in [0.15, 0.2) is 30.5 Å². The third-order valence-corrected chi connectivity index (χ3v) is 6.25. The Morgan fingerprint density at radius 2 is 1.97 bits per heavy atom. The Morgan fingerprint density at radius 3 is 2.69 bits per heavy atom. The zero-order chi connectivity index (χ0) is 22.9. The number of carbonyl (C=O) groups excluding carboxylic acids is 1. The molecule has 0 spiro atoms. The van der Waals surface area contributed by atoms with Gasteiger partial charge in [-0.1, -0.05) is 32.0 Å². The Labute approximate surface area is 190 Å². The highest BCUT2D eigenvalue weighted by molar-refractivity contribution is 5.79. The summed E-state index contributed by atoms with van der Waals surface area (Å²) in [7, 11) is 1.63. The minimum Gasteiger partial charge on any atom is -0.496 e. The largest absolute Gasteiger partial charge is 0.496 e. The summed E-state index contributed by atoms with van der Waals surface area (Å²) in [6.07, 6.45) is 4.21. The molecule has 1 aliphatic heterocycles. The van der Waals surface area contributed by atoms with Crippen LogP contribution < -0.4 is 15.0 Å². The average molecular weight is 439 g/mol. The third-order valence-electron chi connectivity index (χ3n) is 6.25. The minimum absolute atomic E-state index is 0.0249. The van der Waals surface area contributed by atoms with Crippen molar-refractivity contribution < 1.29 is 14.3 Å².